The molecule has 0 spiro atoms. The van der Waals surface area contributed by atoms with Crippen LogP contribution in [0.3, 0.4) is 0 Å². The highest BCUT2D eigenvalue weighted by molar-refractivity contribution is 8.18. The van der Waals surface area contributed by atoms with Crippen LogP contribution in [-0.2, 0) is 16.1 Å². The summed E-state index contributed by atoms with van der Waals surface area (Å²) in [6.07, 6.45) is 1.64. The topological polar surface area (TPSA) is 94.2 Å². The van der Waals surface area contributed by atoms with Crippen molar-refractivity contribution < 1.29 is 28.6 Å². The van der Waals surface area contributed by atoms with Crippen LogP contribution in [0.5, 0.6) is 17.2 Å². The van der Waals surface area contributed by atoms with E-state index in [-0.39, 0.29) is 30.2 Å². The van der Waals surface area contributed by atoms with Crippen molar-refractivity contribution in [1.29, 1.82) is 0 Å². The number of anilines is 1. The fourth-order valence-electron chi connectivity index (χ4n) is 3.75. The maximum atomic E-state index is 12.9. The SMILES string of the molecule is COc1ccccc1NC(=O)COc1ccc(/C=C2\SC(=O)N(Cc3cccc(C)c3)C2=O)cc1OC. The van der Waals surface area contributed by atoms with Crippen molar-refractivity contribution in [3.05, 3.63) is 88.3 Å². The van der Waals surface area contributed by atoms with Gasteiger partial charge in [0.2, 0.25) is 0 Å². The summed E-state index contributed by atoms with van der Waals surface area (Å²) in [6.45, 7) is 1.94. The second-order valence-corrected chi connectivity index (χ2v) is 9.20. The molecule has 190 valence electrons. The zero-order valence-electron chi connectivity index (χ0n) is 20.6. The summed E-state index contributed by atoms with van der Waals surface area (Å²) < 4.78 is 16.3. The Balaban J connectivity index is 1.42. The Morgan fingerprint density at radius 3 is 2.49 bits per heavy atom. The number of thioether (sulfide) groups is 1. The van der Waals surface area contributed by atoms with Gasteiger partial charge in [0.05, 0.1) is 31.4 Å². The van der Waals surface area contributed by atoms with Gasteiger partial charge in [0.1, 0.15) is 5.75 Å². The third kappa shape index (κ3) is 6.31. The molecule has 0 bridgehead atoms. The highest BCUT2D eigenvalue weighted by Crippen LogP contribution is 2.35. The number of aryl methyl sites for hydroxylation is 1. The third-order valence-corrected chi connectivity index (χ3v) is 6.43. The number of hydrogen-bond acceptors (Lipinski definition) is 7. The Morgan fingerprint density at radius 2 is 1.73 bits per heavy atom. The highest BCUT2D eigenvalue weighted by atomic mass is 32.2. The number of rotatable bonds is 9. The van der Waals surface area contributed by atoms with Crippen molar-refractivity contribution in [3.63, 3.8) is 0 Å². The number of nitrogens with one attached hydrogen (secondary N) is 1. The van der Waals surface area contributed by atoms with E-state index < -0.39 is 0 Å². The molecule has 0 unspecified atom stereocenters. The molecule has 3 aromatic rings. The molecule has 1 aliphatic rings. The Labute approximate surface area is 219 Å². The first kappa shape index (κ1) is 25.8. The van der Waals surface area contributed by atoms with Crippen molar-refractivity contribution in [2.24, 2.45) is 0 Å². The van der Waals surface area contributed by atoms with Crippen LogP contribution >= 0.6 is 11.8 Å². The van der Waals surface area contributed by atoms with Gasteiger partial charge in [-0.3, -0.25) is 19.3 Å². The van der Waals surface area contributed by atoms with Gasteiger partial charge in [0, 0.05) is 0 Å². The first-order valence-electron chi connectivity index (χ1n) is 11.4. The number of benzene rings is 3. The number of ether oxygens (including phenoxy) is 3. The summed E-state index contributed by atoms with van der Waals surface area (Å²) in [4.78, 5) is 39.4. The first-order valence-corrected chi connectivity index (χ1v) is 12.2. The molecule has 1 heterocycles. The van der Waals surface area contributed by atoms with Crippen LogP contribution in [0.1, 0.15) is 16.7 Å². The predicted molar refractivity (Wildman–Crippen MR) is 143 cm³/mol. The van der Waals surface area contributed by atoms with Gasteiger partial charge in [0.25, 0.3) is 17.1 Å². The monoisotopic (exact) mass is 518 g/mol. The average Bonchev–Trinajstić information content (AvgIpc) is 3.15. The maximum Gasteiger partial charge on any atom is 0.293 e. The van der Waals surface area contributed by atoms with Crippen molar-refractivity contribution in [2.45, 2.75) is 13.5 Å². The number of methoxy groups -OCH3 is 2. The van der Waals surface area contributed by atoms with Gasteiger partial charge in [-0.25, -0.2) is 0 Å². The number of nitrogens with zero attached hydrogens (tertiary/aromatic N) is 1. The summed E-state index contributed by atoms with van der Waals surface area (Å²) >= 11 is 0.899. The lowest BCUT2D eigenvalue weighted by Crippen LogP contribution is -2.27. The van der Waals surface area contributed by atoms with Gasteiger partial charge in [0.15, 0.2) is 18.1 Å². The largest absolute Gasteiger partial charge is 0.495 e. The van der Waals surface area contributed by atoms with E-state index in [1.54, 1.807) is 42.5 Å². The lowest BCUT2D eigenvalue weighted by molar-refractivity contribution is -0.123. The fourth-order valence-corrected chi connectivity index (χ4v) is 4.59. The summed E-state index contributed by atoms with van der Waals surface area (Å²) in [5.74, 6) is 0.586. The molecule has 3 aromatic carbocycles. The molecule has 4 rings (SSSR count). The van der Waals surface area contributed by atoms with Crippen molar-refractivity contribution >= 4 is 40.6 Å². The van der Waals surface area contributed by atoms with E-state index in [2.05, 4.69) is 5.32 Å². The van der Waals surface area contributed by atoms with E-state index in [0.717, 1.165) is 22.9 Å². The zero-order valence-corrected chi connectivity index (χ0v) is 21.5. The molecule has 0 saturated carbocycles. The molecule has 0 aliphatic carbocycles. The average molecular weight is 519 g/mol. The summed E-state index contributed by atoms with van der Waals surface area (Å²) in [5.41, 5.74) is 3.15. The second-order valence-electron chi connectivity index (χ2n) is 8.20. The van der Waals surface area contributed by atoms with Crippen LogP contribution in [0.25, 0.3) is 6.08 Å². The second kappa shape index (κ2) is 11.7. The number of carbonyl (C=O) groups is 3. The van der Waals surface area contributed by atoms with E-state index in [1.807, 2.05) is 37.3 Å². The molecule has 1 saturated heterocycles. The molecule has 8 nitrogen and oxygen atoms in total. The molecule has 1 fully saturated rings. The predicted octanol–water partition coefficient (Wildman–Crippen LogP) is 5.27. The minimum Gasteiger partial charge on any atom is -0.495 e. The summed E-state index contributed by atoms with van der Waals surface area (Å²) in [5, 5.41) is 2.43. The number of imide groups is 1. The molecule has 3 amide bonds. The molecular formula is C28H26N2O6S. The van der Waals surface area contributed by atoms with Gasteiger partial charge in [-0.05, 0) is 60.2 Å². The van der Waals surface area contributed by atoms with Gasteiger partial charge in [-0.15, -0.1) is 0 Å². The van der Waals surface area contributed by atoms with E-state index >= 15 is 0 Å². The van der Waals surface area contributed by atoms with Crippen molar-refractivity contribution in [3.8, 4) is 17.2 Å². The lowest BCUT2D eigenvalue weighted by Gasteiger charge is -2.13. The van der Waals surface area contributed by atoms with E-state index in [4.69, 9.17) is 14.2 Å². The van der Waals surface area contributed by atoms with Gasteiger partial charge < -0.3 is 19.5 Å². The molecular weight excluding hydrogens is 492 g/mol. The van der Waals surface area contributed by atoms with Crippen molar-refractivity contribution in [2.75, 3.05) is 26.1 Å². The minimum atomic E-state index is -0.363. The highest BCUT2D eigenvalue weighted by Gasteiger charge is 2.35. The third-order valence-electron chi connectivity index (χ3n) is 5.52. The minimum absolute atomic E-state index is 0.219. The van der Waals surface area contributed by atoms with E-state index in [0.29, 0.717) is 33.4 Å². The first-order chi connectivity index (χ1) is 17.9. The molecule has 1 N–H and O–H groups in total. The maximum absolute atomic E-state index is 12.9. The van der Waals surface area contributed by atoms with Gasteiger partial charge >= 0.3 is 0 Å². The fraction of sp³-hybridized carbons (Fsp3) is 0.179. The van der Waals surface area contributed by atoms with Crippen LogP contribution < -0.4 is 19.5 Å². The number of hydrogen-bond donors (Lipinski definition) is 1. The number of para-hydroxylation sites is 2. The van der Waals surface area contributed by atoms with Crippen LogP contribution in [0.4, 0.5) is 10.5 Å². The molecule has 0 atom stereocenters. The number of amides is 3. The Kier molecular flexibility index (Phi) is 8.15. The number of carbonyl (C=O) groups excluding carboxylic acids is 3. The Hall–Kier alpha value is -4.24. The summed E-state index contributed by atoms with van der Waals surface area (Å²) in [7, 11) is 3.01. The van der Waals surface area contributed by atoms with Crippen LogP contribution in [0.2, 0.25) is 0 Å². The van der Waals surface area contributed by atoms with Crippen LogP contribution in [0.15, 0.2) is 71.6 Å². The standard InChI is InChI=1S/C28H26N2O6S/c1-18-7-6-8-20(13-18)16-30-27(32)25(37-28(30)33)15-19-11-12-23(24(14-19)35-3)36-17-26(31)29-21-9-4-5-10-22(21)34-2/h4-15H,16-17H2,1-3H3,(H,29,31)/b25-15-. The quantitative estimate of drug-likeness (QED) is 0.386. The molecule has 0 radical (unpaired) electrons. The van der Waals surface area contributed by atoms with Crippen LogP contribution in [0, 0.1) is 6.92 Å². The normalized spacial score (nSPS) is 14.1. The van der Waals surface area contributed by atoms with Gasteiger partial charge in [-0.2, -0.15) is 0 Å². The molecule has 0 aromatic heterocycles. The Bertz CT molecular complexity index is 1370. The molecule has 1 aliphatic heterocycles. The van der Waals surface area contributed by atoms with Gasteiger partial charge in [-0.1, -0.05) is 48.0 Å². The van der Waals surface area contributed by atoms with E-state index in [1.165, 1.54) is 19.1 Å². The van der Waals surface area contributed by atoms with Crippen LogP contribution in [-0.4, -0.2) is 42.8 Å². The van der Waals surface area contributed by atoms with Crippen molar-refractivity contribution in [1.82, 2.24) is 4.90 Å². The Morgan fingerprint density at radius 1 is 0.946 bits per heavy atom. The molecule has 9 heteroatoms. The summed E-state index contributed by atoms with van der Waals surface area (Å²) in [6, 6.07) is 19.8. The smallest absolute Gasteiger partial charge is 0.293 e. The van der Waals surface area contributed by atoms with E-state index in [9.17, 15) is 14.4 Å². The lowest BCUT2D eigenvalue weighted by atomic mass is 10.1. The molecule has 37 heavy (non-hydrogen) atoms. The zero-order chi connectivity index (χ0) is 26.4.